The molecule has 14 heteroatoms. The predicted octanol–water partition coefficient (Wildman–Crippen LogP) is 6.22. The number of nitrogens with zero attached hydrogens (tertiary/aromatic N) is 5. The van der Waals surface area contributed by atoms with Crippen molar-refractivity contribution in [3.05, 3.63) is 143 Å². The fraction of sp³-hybridized carbons (Fsp3) is 0.0270. The van der Waals surface area contributed by atoms with Crippen molar-refractivity contribution >= 4 is 45.0 Å². The Kier molecular flexibility index (Phi) is 8.65. The number of pyridine rings is 2. The van der Waals surface area contributed by atoms with E-state index in [9.17, 15) is 14.4 Å². The van der Waals surface area contributed by atoms with Crippen molar-refractivity contribution in [3.63, 3.8) is 0 Å². The number of carbonyl (C=O) groups excluding carboxylic acids is 2. The zero-order chi connectivity index (χ0) is 35.3. The number of fused-ring (bicyclic) bond motifs is 2. The summed E-state index contributed by atoms with van der Waals surface area (Å²) in [6.45, 7) is 1.77. The molecule has 2 amide bonds. The van der Waals surface area contributed by atoms with Gasteiger partial charge in [0.1, 0.15) is 0 Å². The van der Waals surface area contributed by atoms with Crippen molar-refractivity contribution in [1.29, 1.82) is 5.26 Å². The molecule has 51 heavy (non-hydrogen) atoms. The first-order valence-electron chi connectivity index (χ1n) is 15.4. The summed E-state index contributed by atoms with van der Waals surface area (Å²) < 4.78 is 5.29. The molecule has 0 saturated carbocycles. The Morgan fingerprint density at radius 3 is 2.12 bits per heavy atom. The molecule has 0 aliphatic rings. The van der Waals surface area contributed by atoms with Gasteiger partial charge in [-0.2, -0.15) is 15.5 Å². The number of aromatic amines is 3. The van der Waals surface area contributed by atoms with Crippen LogP contribution in [0.15, 0.2) is 119 Å². The number of carbonyl (C=O) groups is 2. The summed E-state index contributed by atoms with van der Waals surface area (Å²) in [7, 11) is 0. The summed E-state index contributed by atoms with van der Waals surface area (Å²) in [4.78, 5) is 48.0. The van der Waals surface area contributed by atoms with Gasteiger partial charge in [-0.3, -0.25) is 29.6 Å². The largest absolute Gasteiger partial charge is 0.444 e. The summed E-state index contributed by atoms with van der Waals surface area (Å²) in [6.07, 6.45) is 7.77. The molecular formula is C37H26N10O4. The number of aromatic nitrogens is 7. The maximum Gasteiger partial charge on any atom is 0.276 e. The van der Waals surface area contributed by atoms with Gasteiger partial charge < -0.3 is 20.0 Å². The monoisotopic (exact) mass is 674 g/mol. The minimum atomic E-state index is -0.365. The summed E-state index contributed by atoms with van der Waals surface area (Å²) in [5.74, 6) is -0.0786. The number of hydrogen-bond donors (Lipinski definition) is 5. The molecule has 0 aliphatic carbocycles. The Morgan fingerprint density at radius 1 is 0.784 bits per heavy atom. The van der Waals surface area contributed by atoms with Gasteiger partial charge in [-0.05, 0) is 73.2 Å². The molecule has 0 unspecified atom stereocenters. The lowest BCUT2D eigenvalue weighted by atomic mass is 10.0. The summed E-state index contributed by atoms with van der Waals surface area (Å²) >= 11 is 0. The van der Waals surface area contributed by atoms with E-state index in [2.05, 4.69) is 46.0 Å². The number of anilines is 2. The normalized spacial score (nSPS) is 10.7. The van der Waals surface area contributed by atoms with Gasteiger partial charge in [0.15, 0.2) is 29.0 Å². The molecule has 0 bridgehead atoms. The van der Waals surface area contributed by atoms with Crippen LogP contribution in [0.5, 0.6) is 0 Å². The Balaban J connectivity index is 0.000000159. The summed E-state index contributed by atoms with van der Waals surface area (Å²) in [5.41, 5.74) is 6.58. The molecule has 5 N–H and O–H groups in total. The molecule has 0 spiro atoms. The lowest BCUT2D eigenvalue weighted by Crippen LogP contribution is -2.12. The second kappa shape index (κ2) is 13.8. The fourth-order valence-electron chi connectivity index (χ4n) is 5.38. The number of H-pyrrole nitrogens is 3. The number of rotatable bonds is 6. The zero-order valence-electron chi connectivity index (χ0n) is 26.8. The molecular weight excluding hydrogens is 648 g/mol. The maximum absolute atomic E-state index is 12.6. The van der Waals surface area contributed by atoms with Crippen LogP contribution in [0.4, 0.5) is 11.4 Å². The van der Waals surface area contributed by atoms with E-state index in [4.69, 9.17) is 9.68 Å². The summed E-state index contributed by atoms with van der Waals surface area (Å²) in [5, 5.41) is 29.8. The van der Waals surface area contributed by atoms with E-state index in [0.29, 0.717) is 39.0 Å². The van der Waals surface area contributed by atoms with Crippen molar-refractivity contribution in [3.8, 4) is 28.7 Å². The van der Waals surface area contributed by atoms with E-state index in [-0.39, 0.29) is 28.6 Å². The molecule has 14 nitrogen and oxygen atoms in total. The maximum atomic E-state index is 12.6. The average Bonchev–Trinajstić information content (AvgIpc) is 3.94. The minimum Gasteiger partial charge on any atom is -0.444 e. The van der Waals surface area contributed by atoms with Crippen LogP contribution in [-0.2, 0) is 0 Å². The quantitative estimate of drug-likeness (QED) is 0.135. The Bertz CT molecular complexity index is 2630. The molecule has 5 aromatic heterocycles. The first-order chi connectivity index (χ1) is 24.9. The molecule has 3 aromatic carbocycles. The van der Waals surface area contributed by atoms with Crippen molar-refractivity contribution in [2.75, 3.05) is 10.6 Å². The number of nitrogens with one attached hydrogen (secondary N) is 5. The third kappa shape index (κ3) is 6.71. The number of hydrogen-bond acceptors (Lipinski definition) is 9. The van der Waals surface area contributed by atoms with Gasteiger partial charge in [-0.1, -0.05) is 12.1 Å². The van der Waals surface area contributed by atoms with Crippen molar-refractivity contribution < 1.29 is 14.0 Å². The molecule has 8 aromatic rings. The van der Waals surface area contributed by atoms with Gasteiger partial charge >= 0.3 is 0 Å². The number of benzene rings is 3. The first-order valence-corrected chi connectivity index (χ1v) is 15.4. The van der Waals surface area contributed by atoms with E-state index < -0.39 is 0 Å². The topological polar surface area (TPSA) is 211 Å². The van der Waals surface area contributed by atoms with Crippen molar-refractivity contribution in [2.24, 2.45) is 0 Å². The highest BCUT2D eigenvalue weighted by molar-refractivity contribution is 6.12. The molecule has 0 aliphatic heterocycles. The SMILES string of the molecule is Cc1c(-c2ccc3[nH]nc(C(=O)Nc4ccncc4)c3c2)[nH]ccc1=O.N#Cc1cccc(NC(=O)c2n[nH]c3ccc(-c4cnco4)cc23)c1. The minimum absolute atomic E-state index is 0.0401. The van der Waals surface area contributed by atoms with Gasteiger partial charge in [0.25, 0.3) is 11.8 Å². The average molecular weight is 675 g/mol. The number of nitriles is 1. The zero-order valence-corrected chi connectivity index (χ0v) is 26.8. The first kappa shape index (κ1) is 31.9. The fourth-order valence-corrected chi connectivity index (χ4v) is 5.38. The van der Waals surface area contributed by atoms with E-state index in [1.165, 1.54) is 12.5 Å². The van der Waals surface area contributed by atoms with Crippen LogP contribution in [0.1, 0.15) is 32.1 Å². The van der Waals surface area contributed by atoms with Crippen LogP contribution < -0.4 is 16.1 Å². The van der Waals surface area contributed by atoms with E-state index in [1.807, 2.05) is 42.5 Å². The van der Waals surface area contributed by atoms with Gasteiger partial charge in [0.2, 0.25) is 0 Å². The van der Waals surface area contributed by atoms with Gasteiger partial charge in [-0.15, -0.1) is 0 Å². The molecule has 0 radical (unpaired) electrons. The third-order valence-corrected chi connectivity index (χ3v) is 7.96. The lowest BCUT2D eigenvalue weighted by Gasteiger charge is -2.06. The highest BCUT2D eigenvalue weighted by atomic mass is 16.3. The van der Waals surface area contributed by atoms with Gasteiger partial charge in [0.05, 0.1) is 34.6 Å². The van der Waals surface area contributed by atoms with Gasteiger partial charge in [-0.25, -0.2) is 4.98 Å². The third-order valence-electron chi connectivity index (χ3n) is 7.96. The number of oxazole rings is 1. The molecule has 8 rings (SSSR count). The Hall–Kier alpha value is -7.66. The highest BCUT2D eigenvalue weighted by Crippen LogP contribution is 2.27. The van der Waals surface area contributed by atoms with Crippen LogP contribution in [0, 0.1) is 18.3 Å². The Morgan fingerprint density at radius 2 is 1.45 bits per heavy atom. The molecule has 0 fully saturated rings. The molecule has 5 heterocycles. The predicted molar refractivity (Wildman–Crippen MR) is 190 cm³/mol. The van der Waals surface area contributed by atoms with Gasteiger partial charge in [0, 0.05) is 57.9 Å². The van der Waals surface area contributed by atoms with E-state index in [0.717, 1.165) is 27.9 Å². The van der Waals surface area contributed by atoms with Crippen molar-refractivity contribution in [2.45, 2.75) is 6.92 Å². The number of amides is 2. The van der Waals surface area contributed by atoms with Crippen LogP contribution in [-0.4, -0.2) is 47.2 Å². The molecule has 0 saturated heterocycles. The lowest BCUT2D eigenvalue weighted by molar-refractivity contribution is 0.101. The van der Waals surface area contributed by atoms with E-state index in [1.54, 1.807) is 68.1 Å². The Labute approximate surface area is 288 Å². The van der Waals surface area contributed by atoms with Crippen LogP contribution in [0.25, 0.3) is 44.4 Å². The van der Waals surface area contributed by atoms with E-state index >= 15 is 0 Å². The second-order valence-electron chi connectivity index (χ2n) is 11.2. The molecule has 248 valence electrons. The standard InChI is InChI=1S/C19H15N5O2.C18H11N5O2/c1-11-16(25)6-9-21-17(11)12-2-3-15-14(10-12)18(24-23-15)19(26)22-13-4-7-20-8-5-13;19-8-11-2-1-3-13(6-11)21-18(24)17-14-7-12(16-9-20-10-25-16)4-5-15(14)22-23-17/h2-10H,1H3,(H,21,25)(H,23,24)(H,20,22,26);1-7,9-10H,(H,21,24)(H,22,23). The summed E-state index contributed by atoms with van der Waals surface area (Å²) in [6, 6.07) is 24.7. The smallest absolute Gasteiger partial charge is 0.276 e. The van der Waals surface area contributed by atoms with Crippen LogP contribution in [0.2, 0.25) is 0 Å². The highest BCUT2D eigenvalue weighted by Gasteiger charge is 2.17. The van der Waals surface area contributed by atoms with Crippen LogP contribution in [0.3, 0.4) is 0 Å². The van der Waals surface area contributed by atoms with Crippen LogP contribution >= 0.6 is 0 Å². The van der Waals surface area contributed by atoms with Crippen molar-refractivity contribution in [1.82, 2.24) is 35.3 Å². The second-order valence-corrected chi connectivity index (χ2v) is 11.2. The molecule has 0 atom stereocenters.